The van der Waals surface area contributed by atoms with Crippen LogP contribution in [0.2, 0.25) is 0 Å². The van der Waals surface area contributed by atoms with Gasteiger partial charge in [0.1, 0.15) is 0 Å². The van der Waals surface area contributed by atoms with Gasteiger partial charge in [-0.05, 0) is 25.7 Å². The van der Waals surface area contributed by atoms with E-state index in [1.54, 1.807) is 0 Å². The van der Waals surface area contributed by atoms with E-state index in [1.807, 2.05) is 6.92 Å². The number of rotatable bonds is 8. The smallest absolute Gasteiger partial charge is 0.236 e. The summed E-state index contributed by atoms with van der Waals surface area (Å²) < 4.78 is 5.79. The molecule has 1 rings (SSSR count). The zero-order chi connectivity index (χ0) is 13.2. The van der Waals surface area contributed by atoms with Crippen molar-refractivity contribution in [2.45, 2.75) is 70.4 Å². The number of hydrogen-bond acceptors (Lipinski definition) is 3. The fraction of sp³-hybridized carbons (Fsp3) is 0.929. The Bertz CT molecular complexity index is 228. The van der Waals surface area contributed by atoms with Gasteiger partial charge in [-0.1, -0.05) is 32.6 Å². The quantitative estimate of drug-likeness (QED) is 0.653. The second-order valence-corrected chi connectivity index (χ2v) is 5.17. The molecule has 4 nitrogen and oxygen atoms in total. The van der Waals surface area contributed by atoms with Crippen LogP contribution in [0.25, 0.3) is 0 Å². The molecule has 1 aliphatic rings. The highest BCUT2D eigenvalue weighted by molar-refractivity contribution is 5.81. The number of nitrogens with two attached hydrogens (primary N) is 1. The predicted octanol–water partition coefficient (Wildman–Crippen LogP) is 1.97. The van der Waals surface area contributed by atoms with E-state index in [0.29, 0.717) is 12.6 Å². The Hall–Kier alpha value is -0.610. The molecule has 1 amide bonds. The van der Waals surface area contributed by atoms with E-state index in [4.69, 9.17) is 10.5 Å². The molecule has 0 aromatic rings. The maximum atomic E-state index is 11.5. The van der Waals surface area contributed by atoms with Crippen molar-refractivity contribution in [3.05, 3.63) is 0 Å². The average molecular weight is 256 g/mol. The molecule has 0 aliphatic heterocycles. The van der Waals surface area contributed by atoms with E-state index in [-0.39, 0.29) is 11.9 Å². The van der Waals surface area contributed by atoms with Crippen molar-refractivity contribution in [2.75, 3.05) is 13.2 Å². The van der Waals surface area contributed by atoms with Crippen molar-refractivity contribution in [1.29, 1.82) is 0 Å². The third-order valence-corrected chi connectivity index (χ3v) is 3.46. The molecule has 0 radical (unpaired) electrons. The van der Waals surface area contributed by atoms with Gasteiger partial charge >= 0.3 is 0 Å². The van der Waals surface area contributed by atoms with Gasteiger partial charge in [0.15, 0.2) is 0 Å². The molecular formula is C14H28N2O2. The normalized spacial score (nSPS) is 18.6. The molecule has 0 saturated heterocycles. The van der Waals surface area contributed by atoms with Gasteiger partial charge in [-0.3, -0.25) is 4.79 Å². The van der Waals surface area contributed by atoms with Gasteiger partial charge in [-0.15, -0.1) is 0 Å². The van der Waals surface area contributed by atoms with Crippen LogP contribution in [-0.2, 0) is 9.53 Å². The number of ether oxygens (including phenoxy) is 1. The Labute approximate surface area is 111 Å². The van der Waals surface area contributed by atoms with E-state index in [0.717, 1.165) is 25.9 Å². The zero-order valence-corrected chi connectivity index (χ0v) is 11.6. The zero-order valence-electron chi connectivity index (χ0n) is 11.6. The lowest BCUT2D eigenvalue weighted by atomic mass is 9.98. The minimum atomic E-state index is -0.353. The number of amides is 1. The van der Waals surface area contributed by atoms with Gasteiger partial charge in [-0.2, -0.15) is 0 Å². The standard InChI is InChI=1S/C14H28N2O2/c1-2-7-13(15)14(17)16-10-6-11-18-12-8-4-3-5-9-12/h12-13H,2-11,15H2,1H3,(H,16,17)/t13-/m0/s1. The summed E-state index contributed by atoms with van der Waals surface area (Å²) in [5.41, 5.74) is 5.72. The second-order valence-electron chi connectivity index (χ2n) is 5.17. The summed E-state index contributed by atoms with van der Waals surface area (Å²) in [7, 11) is 0. The van der Waals surface area contributed by atoms with Crippen LogP contribution in [0.1, 0.15) is 58.3 Å². The third kappa shape index (κ3) is 6.36. The molecule has 0 aromatic heterocycles. The lowest BCUT2D eigenvalue weighted by molar-refractivity contribution is -0.122. The lowest BCUT2D eigenvalue weighted by Crippen LogP contribution is -2.41. The predicted molar refractivity (Wildman–Crippen MR) is 73.3 cm³/mol. The van der Waals surface area contributed by atoms with Crippen LogP contribution in [0, 0.1) is 0 Å². The van der Waals surface area contributed by atoms with Crippen LogP contribution in [0.5, 0.6) is 0 Å². The topological polar surface area (TPSA) is 64.4 Å². The second kappa shape index (κ2) is 9.34. The van der Waals surface area contributed by atoms with Crippen molar-refractivity contribution in [1.82, 2.24) is 5.32 Å². The first-order valence-corrected chi connectivity index (χ1v) is 7.39. The molecule has 1 atom stereocenters. The molecule has 106 valence electrons. The van der Waals surface area contributed by atoms with Crippen molar-refractivity contribution < 1.29 is 9.53 Å². The van der Waals surface area contributed by atoms with Gasteiger partial charge in [0.2, 0.25) is 5.91 Å². The maximum absolute atomic E-state index is 11.5. The summed E-state index contributed by atoms with van der Waals surface area (Å²) >= 11 is 0. The summed E-state index contributed by atoms with van der Waals surface area (Å²) in [5.74, 6) is -0.0329. The molecule has 0 bridgehead atoms. The van der Waals surface area contributed by atoms with E-state index < -0.39 is 0 Å². The van der Waals surface area contributed by atoms with Gasteiger partial charge in [-0.25, -0.2) is 0 Å². The van der Waals surface area contributed by atoms with E-state index in [1.165, 1.54) is 32.1 Å². The minimum absolute atomic E-state index is 0.0329. The van der Waals surface area contributed by atoms with E-state index in [9.17, 15) is 4.79 Å². The van der Waals surface area contributed by atoms with E-state index in [2.05, 4.69) is 5.32 Å². The molecule has 0 unspecified atom stereocenters. The first kappa shape index (κ1) is 15.4. The van der Waals surface area contributed by atoms with Crippen molar-refractivity contribution in [3.8, 4) is 0 Å². The number of carbonyl (C=O) groups is 1. The minimum Gasteiger partial charge on any atom is -0.378 e. The van der Waals surface area contributed by atoms with Crippen LogP contribution in [0.4, 0.5) is 0 Å². The SMILES string of the molecule is CCC[C@H](N)C(=O)NCCCOC1CCCCC1. The summed E-state index contributed by atoms with van der Waals surface area (Å²) in [5, 5.41) is 2.86. The molecule has 0 aromatic carbocycles. The summed E-state index contributed by atoms with van der Waals surface area (Å²) in [6.07, 6.45) is 9.38. The molecule has 1 fully saturated rings. The molecule has 0 spiro atoms. The highest BCUT2D eigenvalue weighted by atomic mass is 16.5. The molecule has 18 heavy (non-hydrogen) atoms. The van der Waals surface area contributed by atoms with Gasteiger partial charge < -0.3 is 15.8 Å². The van der Waals surface area contributed by atoms with Crippen LogP contribution < -0.4 is 11.1 Å². The molecular weight excluding hydrogens is 228 g/mol. The fourth-order valence-electron chi connectivity index (χ4n) is 2.34. The molecule has 0 heterocycles. The Morgan fingerprint density at radius 1 is 1.39 bits per heavy atom. The first-order valence-electron chi connectivity index (χ1n) is 7.39. The van der Waals surface area contributed by atoms with Crippen LogP contribution in [-0.4, -0.2) is 31.2 Å². The molecule has 3 N–H and O–H groups in total. The first-order chi connectivity index (χ1) is 8.74. The summed E-state index contributed by atoms with van der Waals surface area (Å²) in [6.45, 7) is 3.45. The Morgan fingerprint density at radius 2 is 2.11 bits per heavy atom. The largest absolute Gasteiger partial charge is 0.378 e. The third-order valence-electron chi connectivity index (χ3n) is 3.46. The van der Waals surface area contributed by atoms with Gasteiger partial charge in [0, 0.05) is 13.2 Å². The molecule has 1 aliphatic carbocycles. The average Bonchev–Trinajstić information content (AvgIpc) is 2.39. The maximum Gasteiger partial charge on any atom is 0.236 e. The summed E-state index contributed by atoms with van der Waals surface area (Å²) in [6, 6.07) is -0.353. The Morgan fingerprint density at radius 3 is 2.78 bits per heavy atom. The van der Waals surface area contributed by atoms with Crippen LogP contribution in [0.15, 0.2) is 0 Å². The molecule has 1 saturated carbocycles. The monoisotopic (exact) mass is 256 g/mol. The van der Waals surface area contributed by atoms with Crippen LogP contribution in [0.3, 0.4) is 0 Å². The van der Waals surface area contributed by atoms with Gasteiger partial charge in [0.25, 0.3) is 0 Å². The van der Waals surface area contributed by atoms with Crippen molar-refractivity contribution in [3.63, 3.8) is 0 Å². The molecule has 4 heteroatoms. The van der Waals surface area contributed by atoms with Crippen molar-refractivity contribution >= 4 is 5.91 Å². The Balaban J connectivity index is 1.95. The van der Waals surface area contributed by atoms with E-state index >= 15 is 0 Å². The fourth-order valence-corrected chi connectivity index (χ4v) is 2.34. The van der Waals surface area contributed by atoms with Crippen LogP contribution >= 0.6 is 0 Å². The van der Waals surface area contributed by atoms with Gasteiger partial charge in [0.05, 0.1) is 12.1 Å². The summed E-state index contributed by atoms with van der Waals surface area (Å²) in [4.78, 5) is 11.5. The number of carbonyl (C=O) groups excluding carboxylic acids is 1. The lowest BCUT2D eigenvalue weighted by Gasteiger charge is -2.22. The number of hydrogen-bond donors (Lipinski definition) is 2. The van der Waals surface area contributed by atoms with Crippen molar-refractivity contribution in [2.24, 2.45) is 5.73 Å². The highest BCUT2D eigenvalue weighted by Gasteiger charge is 2.13. The Kier molecular flexibility index (Phi) is 8.01. The highest BCUT2D eigenvalue weighted by Crippen LogP contribution is 2.20. The number of nitrogens with one attached hydrogen (secondary N) is 1.